The number of alkyl halides is 1. The normalized spacial score (nSPS) is 18.3. The average Bonchev–Trinajstić information content (AvgIpc) is 2.93. The fourth-order valence-electron chi connectivity index (χ4n) is 3.71. The lowest BCUT2D eigenvalue weighted by Crippen LogP contribution is -2.36. The number of ether oxygens (including phenoxy) is 1. The molecule has 2 aliphatic heterocycles. The van der Waals surface area contributed by atoms with Crippen LogP contribution in [-0.2, 0) is 12.8 Å². The van der Waals surface area contributed by atoms with Crippen molar-refractivity contribution < 1.29 is 9.13 Å². The number of anilines is 1. The first-order valence-corrected chi connectivity index (χ1v) is 9.38. The van der Waals surface area contributed by atoms with Gasteiger partial charge in [0.15, 0.2) is 0 Å². The molecule has 0 bridgehead atoms. The minimum absolute atomic E-state index is 0.555. The molecule has 1 aromatic heterocycles. The second kappa shape index (κ2) is 7.58. The van der Waals surface area contributed by atoms with Crippen LogP contribution < -0.4 is 15.0 Å². The Morgan fingerprint density at radius 2 is 1.81 bits per heavy atom. The van der Waals surface area contributed by atoms with E-state index in [0.717, 1.165) is 54.6 Å². The topological polar surface area (TPSA) is 50.3 Å². The molecule has 0 radical (unpaired) electrons. The molecule has 1 aromatic carbocycles. The third kappa shape index (κ3) is 3.51. The summed E-state index contributed by atoms with van der Waals surface area (Å²) < 4.78 is 18.8. The quantitative estimate of drug-likeness (QED) is 0.916. The molecule has 2 aliphatic rings. The molecule has 4 rings (SSSR count). The molecule has 0 amide bonds. The van der Waals surface area contributed by atoms with Crippen molar-refractivity contribution >= 4 is 5.95 Å². The number of hydrogen-bond acceptors (Lipinski definition) is 5. The average molecular weight is 356 g/mol. The van der Waals surface area contributed by atoms with Crippen LogP contribution in [0.5, 0.6) is 5.75 Å². The zero-order valence-electron chi connectivity index (χ0n) is 15.2. The molecule has 0 saturated carbocycles. The van der Waals surface area contributed by atoms with Crippen molar-refractivity contribution in [2.75, 3.05) is 38.2 Å². The van der Waals surface area contributed by atoms with Gasteiger partial charge in [0.25, 0.3) is 0 Å². The molecular weight excluding hydrogens is 331 g/mol. The fourth-order valence-corrected chi connectivity index (χ4v) is 3.71. The van der Waals surface area contributed by atoms with Gasteiger partial charge in [-0.05, 0) is 50.1 Å². The molecule has 5 nitrogen and oxygen atoms in total. The van der Waals surface area contributed by atoms with Crippen molar-refractivity contribution in [1.82, 2.24) is 15.3 Å². The number of nitrogens with zero attached hydrogens (tertiary/aromatic N) is 3. The third-order valence-corrected chi connectivity index (χ3v) is 5.24. The monoisotopic (exact) mass is 356 g/mol. The number of rotatable bonds is 3. The molecule has 138 valence electrons. The Balaban J connectivity index is 1.75. The van der Waals surface area contributed by atoms with Crippen LogP contribution in [0.3, 0.4) is 0 Å². The molecule has 1 N–H and O–H groups in total. The summed E-state index contributed by atoms with van der Waals surface area (Å²) in [4.78, 5) is 11.9. The maximum atomic E-state index is 13.5. The molecule has 0 unspecified atom stereocenters. The predicted molar refractivity (Wildman–Crippen MR) is 101 cm³/mol. The van der Waals surface area contributed by atoms with E-state index in [0.29, 0.717) is 25.9 Å². The highest BCUT2D eigenvalue weighted by Gasteiger charge is 2.24. The summed E-state index contributed by atoms with van der Waals surface area (Å²) in [5.74, 6) is 1.57. The van der Waals surface area contributed by atoms with Gasteiger partial charge in [-0.2, -0.15) is 0 Å². The second-order valence-electron chi connectivity index (χ2n) is 6.94. The van der Waals surface area contributed by atoms with E-state index in [1.54, 1.807) is 7.11 Å². The summed E-state index contributed by atoms with van der Waals surface area (Å²) in [6.45, 7) is 3.23. The first-order chi connectivity index (χ1) is 12.7. The van der Waals surface area contributed by atoms with Crippen LogP contribution in [0.2, 0.25) is 0 Å². The van der Waals surface area contributed by atoms with Gasteiger partial charge < -0.3 is 15.0 Å². The zero-order valence-corrected chi connectivity index (χ0v) is 15.2. The first-order valence-electron chi connectivity index (χ1n) is 9.38. The van der Waals surface area contributed by atoms with E-state index < -0.39 is 6.17 Å². The fraction of sp³-hybridized carbons (Fsp3) is 0.500. The summed E-state index contributed by atoms with van der Waals surface area (Å²) >= 11 is 0. The molecule has 6 heteroatoms. The van der Waals surface area contributed by atoms with Crippen molar-refractivity contribution in [3.05, 3.63) is 35.5 Å². The Morgan fingerprint density at radius 3 is 2.54 bits per heavy atom. The number of benzene rings is 1. The number of methoxy groups -OCH3 is 1. The highest BCUT2D eigenvalue weighted by molar-refractivity contribution is 5.66. The van der Waals surface area contributed by atoms with E-state index in [4.69, 9.17) is 14.7 Å². The van der Waals surface area contributed by atoms with Crippen molar-refractivity contribution in [1.29, 1.82) is 0 Å². The third-order valence-electron chi connectivity index (χ3n) is 5.24. The van der Waals surface area contributed by atoms with Crippen LogP contribution in [0.25, 0.3) is 11.3 Å². The van der Waals surface area contributed by atoms with E-state index >= 15 is 0 Å². The Kier molecular flexibility index (Phi) is 5.02. The number of halogens is 1. The van der Waals surface area contributed by atoms with E-state index in [9.17, 15) is 4.39 Å². The van der Waals surface area contributed by atoms with E-state index in [1.165, 1.54) is 5.56 Å². The van der Waals surface area contributed by atoms with Gasteiger partial charge in [0, 0.05) is 37.2 Å². The lowest BCUT2D eigenvalue weighted by molar-refractivity contribution is 0.276. The summed E-state index contributed by atoms with van der Waals surface area (Å²) in [6.07, 6.45) is 2.23. The number of aromatic nitrogens is 2. The van der Waals surface area contributed by atoms with Crippen molar-refractivity contribution in [3.63, 3.8) is 0 Å². The minimum Gasteiger partial charge on any atom is -0.497 e. The van der Waals surface area contributed by atoms with Crippen LogP contribution in [0.15, 0.2) is 24.3 Å². The molecule has 2 aromatic rings. The van der Waals surface area contributed by atoms with Gasteiger partial charge >= 0.3 is 0 Å². The van der Waals surface area contributed by atoms with Crippen LogP contribution >= 0.6 is 0 Å². The molecular formula is C20H25FN4O. The molecule has 3 heterocycles. The van der Waals surface area contributed by atoms with Gasteiger partial charge in [0.05, 0.1) is 18.5 Å². The summed E-state index contributed by atoms with van der Waals surface area (Å²) in [6, 6.07) is 8.04. The Hall–Kier alpha value is -2.21. The molecule has 0 atom stereocenters. The van der Waals surface area contributed by atoms with Gasteiger partial charge in [0.2, 0.25) is 5.95 Å². The Labute approximate surface area is 153 Å². The maximum absolute atomic E-state index is 13.5. The maximum Gasteiger partial charge on any atom is 0.226 e. The van der Waals surface area contributed by atoms with Crippen LogP contribution in [-0.4, -0.2) is 49.4 Å². The summed E-state index contributed by atoms with van der Waals surface area (Å²) in [7, 11) is 1.67. The van der Waals surface area contributed by atoms with Crippen LogP contribution in [0, 0.1) is 0 Å². The standard InChI is InChI=1S/C20H25FN4O/c1-26-16-4-2-14(3-5-16)19-17-6-10-22-11-7-18(17)23-20(24-19)25-12-8-15(21)9-13-25/h2-5,15,22H,6-13H2,1H3. The zero-order chi connectivity index (χ0) is 17.9. The van der Waals surface area contributed by atoms with Gasteiger partial charge in [-0.15, -0.1) is 0 Å². The van der Waals surface area contributed by atoms with Crippen molar-refractivity contribution in [3.8, 4) is 17.0 Å². The minimum atomic E-state index is -0.697. The van der Waals surface area contributed by atoms with Crippen molar-refractivity contribution in [2.45, 2.75) is 31.9 Å². The Bertz CT molecular complexity index is 757. The molecule has 26 heavy (non-hydrogen) atoms. The lowest BCUT2D eigenvalue weighted by atomic mass is 10.0. The van der Waals surface area contributed by atoms with Gasteiger partial charge in [-0.25, -0.2) is 14.4 Å². The van der Waals surface area contributed by atoms with Gasteiger partial charge in [-0.1, -0.05) is 0 Å². The largest absolute Gasteiger partial charge is 0.497 e. The molecule has 1 fully saturated rings. The molecule has 1 saturated heterocycles. The lowest BCUT2D eigenvalue weighted by Gasteiger charge is -2.29. The van der Waals surface area contributed by atoms with Crippen molar-refractivity contribution in [2.24, 2.45) is 0 Å². The highest BCUT2D eigenvalue weighted by atomic mass is 19.1. The summed E-state index contributed by atoms with van der Waals surface area (Å²) in [5.41, 5.74) is 4.42. The SMILES string of the molecule is COc1ccc(-c2nc(N3CCC(F)CC3)nc3c2CCNCC3)cc1. The second-order valence-corrected chi connectivity index (χ2v) is 6.94. The van der Waals surface area contributed by atoms with Gasteiger partial charge in [0.1, 0.15) is 11.9 Å². The molecule has 0 aliphatic carbocycles. The Morgan fingerprint density at radius 1 is 1.08 bits per heavy atom. The highest BCUT2D eigenvalue weighted by Crippen LogP contribution is 2.30. The van der Waals surface area contributed by atoms with E-state index in [1.807, 2.05) is 12.1 Å². The van der Waals surface area contributed by atoms with Gasteiger partial charge in [-0.3, -0.25) is 0 Å². The smallest absolute Gasteiger partial charge is 0.226 e. The van der Waals surface area contributed by atoms with E-state index in [-0.39, 0.29) is 0 Å². The van der Waals surface area contributed by atoms with E-state index in [2.05, 4.69) is 22.3 Å². The van der Waals surface area contributed by atoms with Crippen LogP contribution in [0.4, 0.5) is 10.3 Å². The first kappa shape index (κ1) is 17.2. The number of fused-ring (bicyclic) bond motifs is 1. The summed E-state index contributed by atoms with van der Waals surface area (Å²) in [5, 5.41) is 3.44. The predicted octanol–water partition coefficient (Wildman–Crippen LogP) is 2.78. The molecule has 0 spiro atoms. The number of hydrogen-bond donors (Lipinski definition) is 1. The number of piperidine rings is 1. The number of nitrogens with one attached hydrogen (secondary N) is 1. The van der Waals surface area contributed by atoms with Crippen LogP contribution in [0.1, 0.15) is 24.1 Å².